The lowest BCUT2D eigenvalue weighted by Gasteiger charge is -2.14. The third-order valence-corrected chi connectivity index (χ3v) is 2.61. The van der Waals surface area contributed by atoms with Crippen molar-refractivity contribution in [2.45, 2.75) is 6.92 Å². The van der Waals surface area contributed by atoms with Crippen molar-refractivity contribution in [3.05, 3.63) is 39.8 Å². The van der Waals surface area contributed by atoms with E-state index in [0.717, 1.165) is 5.56 Å². The summed E-state index contributed by atoms with van der Waals surface area (Å²) >= 11 is 0. The maximum Gasteiger partial charge on any atom is 0.270 e. The number of pyridine rings is 1. The lowest BCUT2D eigenvalue weighted by Crippen LogP contribution is -2.25. The first-order chi connectivity index (χ1) is 8.06. The van der Waals surface area contributed by atoms with Crippen molar-refractivity contribution in [3.63, 3.8) is 0 Å². The zero-order valence-electron chi connectivity index (χ0n) is 9.97. The Morgan fingerprint density at radius 3 is 2.71 bits per heavy atom. The fraction of sp³-hybridized carbons (Fsp3) is 0.250. The molecule has 2 rings (SSSR count). The number of aromatic nitrogens is 2. The molecule has 2 heterocycles. The van der Waals surface area contributed by atoms with E-state index in [1.54, 1.807) is 31.3 Å². The van der Waals surface area contributed by atoms with Crippen molar-refractivity contribution in [3.8, 4) is 0 Å². The molecule has 0 radical (unpaired) electrons. The Bertz CT molecular complexity index is 644. The summed E-state index contributed by atoms with van der Waals surface area (Å²) in [5.74, 6) is 0.402. The number of hydrogen-bond acceptors (Lipinski definition) is 4. The Kier molecular flexibility index (Phi) is 2.67. The summed E-state index contributed by atoms with van der Waals surface area (Å²) in [6.07, 6.45) is 2.17. The van der Waals surface area contributed by atoms with Gasteiger partial charge in [0, 0.05) is 20.3 Å². The minimum atomic E-state index is -0.336. The highest BCUT2D eigenvalue weighted by Gasteiger charge is 2.14. The molecule has 17 heavy (non-hydrogen) atoms. The van der Waals surface area contributed by atoms with Gasteiger partial charge in [-0.25, -0.2) is 4.98 Å². The average molecular weight is 231 g/mol. The van der Waals surface area contributed by atoms with Crippen molar-refractivity contribution >= 4 is 17.8 Å². The third kappa shape index (κ3) is 1.69. The molecule has 0 N–H and O–H groups in total. The molecule has 0 saturated heterocycles. The van der Waals surface area contributed by atoms with Crippen LogP contribution in [0.15, 0.2) is 23.1 Å². The van der Waals surface area contributed by atoms with Gasteiger partial charge in [0.15, 0.2) is 6.29 Å². The highest BCUT2D eigenvalue weighted by Crippen LogP contribution is 2.13. The van der Waals surface area contributed by atoms with Gasteiger partial charge in [0.05, 0.1) is 0 Å². The van der Waals surface area contributed by atoms with Crippen LogP contribution >= 0.6 is 0 Å². The van der Waals surface area contributed by atoms with E-state index in [4.69, 9.17) is 0 Å². The van der Waals surface area contributed by atoms with Crippen molar-refractivity contribution in [2.75, 3.05) is 19.0 Å². The van der Waals surface area contributed by atoms with Gasteiger partial charge < -0.3 is 4.90 Å². The molecule has 0 amide bonds. The Morgan fingerprint density at radius 2 is 2.12 bits per heavy atom. The van der Waals surface area contributed by atoms with Gasteiger partial charge in [0.1, 0.15) is 17.0 Å². The van der Waals surface area contributed by atoms with E-state index in [2.05, 4.69) is 4.98 Å². The summed E-state index contributed by atoms with van der Waals surface area (Å²) < 4.78 is 1.39. The quantitative estimate of drug-likeness (QED) is 0.720. The molecule has 0 aliphatic rings. The topological polar surface area (TPSA) is 54.7 Å². The summed E-state index contributed by atoms with van der Waals surface area (Å²) in [6.45, 7) is 1.88. The van der Waals surface area contributed by atoms with Crippen LogP contribution in [0.5, 0.6) is 0 Å². The highest BCUT2D eigenvalue weighted by molar-refractivity contribution is 5.83. The molecule has 2 aromatic rings. The Morgan fingerprint density at radius 1 is 1.41 bits per heavy atom. The number of carbonyl (C=O) groups is 1. The number of nitrogens with zero attached hydrogens (tertiary/aromatic N) is 3. The van der Waals surface area contributed by atoms with Gasteiger partial charge in [-0.15, -0.1) is 0 Å². The smallest absolute Gasteiger partial charge is 0.270 e. The second-order valence-electron chi connectivity index (χ2n) is 4.05. The van der Waals surface area contributed by atoms with Gasteiger partial charge in [0.25, 0.3) is 5.56 Å². The first kappa shape index (κ1) is 11.3. The molecular formula is C12H13N3O2. The molecule has 0 spiro atoms. The fourth-order valence-corrected chi connectivity index (χ4v) is 1.74. The molecule has 5 nitrogen and oxygen atoms in total. The van der Waals surface area contributed by atoms with Gasteiger partial charge in [-0.05, 0) is 18.6 Å². The molecule has 2 aromatic heterocycles. The summed E-state index contributed by atoms with van der Waals surface area (Å²) in [5.41, 5.74) is 1.22. The van der Waals surface area contributed by atoms with Crippen LogP contribution in [0, 0.1) is 6.92 Å². The molecule has 0 aliphatic carbocycles. The number of carbonyl (C=O) groups excluding carboxylic acids is 1. The predicted molar refractivity (Wildman–Crippen MR) is 65.9 cm³/mol. The monoisotopic (exact) mass is 231 g/mol. The van der Waals surface area contributed by atoms with Gasteiger partial charge in [0.2, 0.25) is 0 Å². The van der Waals surface area contributed by atoms with Gasteiger partial charge in [-0.3, -0.25) is 14.0 Å². The van der Waals surface area contributed by atoms with E-state index in [1.807, 2.05) is 13.0 Å². The van der Waals surface area contributed by atoms with Crippen molar-refractivity contribution in [1.29, 1.82) is 0 Å². The fourth-order valence-electron chi connectivity index (χ4n) is 1.74. The molecule has 5 heteroatoms. The van der Waals surface area contributed by atoms with Gasteiger partial charge >= 0.3 is 0 Å². The maximum atomic E-state index is 12.1. The zero-order chi connectivity index (χ0) is 12.6. The SMILES string of the molecule is Cc1cccn2c(=O)c(C=O)c(N(C)C)nc12. The zero-order valence-corrected chi connectivity index (χ0v) is 9.97. The van der Waals surface area contributed by atoms with E-state index < -0.39 is 0 Å². The predicted octanol–water partition coefficient (Wildman–Crippen LogP) is 0.881. The van der Waals surface area contributed by atoms with E-state index in [-0.39, 0.29) is 11.1 Å². The van der Waals surface area contributed by atoms with Crippen LogP contribution in [0.25, 0.3) is 5.65 Å². The summed E-state index contributed by atoms with van der Waals surface area (Å²) in [6, 6.07) is 3.64. The van der Waals surface area contributed by atoms with Crippen LogP contribution in [-0.4, -0.2) is 29.8 Å². The molecule has 0 unspecified atom stereocenters. The standard InChI is InChI=1S/C12H13N3O2/c1-8-5-4-6-15-10(8)13-11(14(2)3)9(7-16)12(15)17/h4-7H,1-3H3. The number of fused-ring (bicyclic) bond motifs is 1. The minimum absolute atomic E-state index is 0.0816. The lowest BCUT2D eigenvalue weighted by atomic mass is 10.2. The molecule has 0 aliphatic heterocycles. The number of aldehydes is 1. The highest BCUT2D eigenvalue weighted by atomic mass is 16.1. The number of anilines is 1. The van der Waals surface area contributed by atoms with Crippen LogP contribution in [-0.2, 0) is 0 Å². The molecule has 0 aromatic carbocycles. The molecule has 0 fully saturated rings. The first-order valence-corrected chi connectivity index (χ1v) is 5.20. The largest absolute Gasteiger partial charge is 0.362 e. The van der Waals surface area contributed by atoms with Crippen molar-refractivity contribution in [1.82, 2.24) is 9.38 Å². The summed E-state index contributed by atoms with van der Waals surface area (Å²) in [7, 11) is 3.51. The third-order valence-electron chi connectivity index (χ3n) is 2.61. The van der Waals surface area contributed by atoms with Crippen molar-refractivity contribution < 1.29 is 4.79 Å². The number of aryl methyl sites for hydroxylation is 1. The van der Waals surface area contributed by atoms with E-state index >= 15 is 0 Å². The second-order valence-corrected chi connectivity index (χ2v) is 4.05. The first-order valence-electron chi connectivity index (χ1n) is 5.20. The van der Waals surface area contributed by atoms with Gasteiger partial charge in [-0.1, -0.05) is 6.07 Å². The number of rotatable bonds is 2. The molecule has 0 bridgehead atoms. The Labute approximate surface area is 98.3 Å². The normalized spacial score (nSPS) is 10.5. The van der Waals surface area contributed by atoms with Crippen LogP contribution in [0.4, 0.5) is 5.82 Å². The summed E-state index contributed by atoms with van der Waals surface area (Å²) in [4.78, 5) is 29.1. The molecule has 0 atom stereocenters. The summed E-state index contributed by atoms with van der Waals surface area (Å²) in [5, 5.41) is 0. The molecule has 0 saturated carbocycles. The van der Waals surface area contributed by atoms with E-state index in [1.165, 1.54) is 4.40 Å². The van der Waals surface area contributed by atoms with Crippen LogP contribution < -0.4 is 10.5 Å². The Balaban J connectivity index is 2.98. The van der Waals surface area contributed by atoms with Gasteiger partial charge in [-0.2, -0.15) is 0 Å². The molecule has 88 valence electrons. The maximum absolute atomic E-state index is 12.1. The molecular weight excluding hydrogens is 218 g/mol. The van der Waals surface area contributed by atoms with Crippen LogP contribution in [0.2, 0.25) is 0 Å². The second kappa shape index (κ2) is 4.01. The lowest BCUT2D eigenvalue weighted by molar-refractivity contribution is 0.112. The van der Waals surface area contributed by atoms with Crippen LogP contribution in [0.3, 0.4) is 0 Å². The number of hydrogen-bond donors (Lipinski definition) is 0. The van der Waals surface area contributed by atoms with Crippen molar-refractivity contribution in [2.24, 2.45) is 0 Å². The van der Waals surface area contributed by atoms with E-state index in [0.29, 0.717) is 17.8 Å². The average Bonchev–Trinajstić information content (AvgIpc) is 2.30. The van der Waals surface area contributed by atoms with E-state index in [9.17, 15) is 9.59 Å². The Hall–Kier alpha value is -2.17. The van der Waals surface area contributed by atoms with Crippen LogP contribution in [0.1, 0.15) is 15.9 Å². The minimum Gasteiger partial charge on any atom is -0.362 e.